The van der Waals surface area contributed by atoms with Crippen molar-refractivity contribution in [3.05, 3.63) is 59.0 Å². The van der Waals surface area contributed by atoms with Crippen LogP contribution in [0.4, 0.5) is 10.5 Å². The summed E-state index contributed by atoms with van der Waals surface area (Å²) in [6.07, 6.45) is 1.70. The highest BCUT2D eigenvalue weighted by Crippen LogP contribution is 2.34. The first-order chi connectivity index (χ1) is 13.6. The lowest BCUT2D eigenvalue weighted by atomic mass is 10.2. The molecule has 3 rings (SSSR count). The van der Waals surface area contributed by atoms with Crippen LogP contribution in [0.3, 0.4) is 0 Å². The molecule has 2 amide bonds. The van der Waals surface area contributed by atoms with Crippen LogP contribution in [0.2, 0.25) is 0 Å². The van der Waals surface area contributed by atoms with Crippen molar-refractivity contribution in [3.8, 4) is 11.5 Å². The minimum Gasteiger partial charge on any atom is -0.490 e. The molecule has 0 aromatic heterocycles. The van der Waals surface area contributed by atoms with Crippen molar-refractivity contribution in [1.82, 2.24) is 4.90 Å². The lowest BCUT2D eigenvalue weighted by molar-refractivity contribution is -0.122. The third-order valence-electron chi connectivity index (χ3n) is 3.95. The minimum atomic E-state index is -0.315. The van der Waals surface area contributed by atoms with E-state index in [0.29, 0.717) is 29.6 Å². The molecule has 0 saturated carbocycles. The van der Waals surface area contributed by atoms with Gasteiger partial charge in [0, 0.05) is 5.69 Å². The molecule has 1 N–H and O–H groups in total. The van der Waals surface area contributed by atoms with Crippen LogP contribution in [0.25, 0.3) is 6.08 Å². The Bertz CT molecular complexity index is 883. The number of anilines is 1. The van der Waals surface area contributed by atoms with Gasteiger partial charge in [0.1, 0.15) is 0 Å². The Hall–Kier alpha value is -2.93. The first-order valence-corrected chi connectivity index (χ1v) is 9.88. The molecule has 2 aromatic rings. The lowest BCUT2D eigenvalue weighted by Crippen LogP contribution is -2.33. The maximum Gasteiger partial charge on any atom is 0.295 e. The van der Waals surface area contributed by atoms with Crippen LogP contribution in [0.15, 0.2) is 53.4 Å². The number of para-hydroxylation sites is 1. The third kappa shape index (κ3) is 4.67. The van der Waals surface area contributed by atoms with Crippen LogP contribution in [0.5, 0.6) is 11.5 Å². The van der Waals surface area contributed by atoms with E-state index in [0.717, 1.165) is 23.0 Å². The summed E-state index contributed by atoms with van der Waals surface area (Å²) in [6.45, 7) is 4.97. The second kappa shape index (κ2) is 9.32. The van der Waals surface area contributed by atoms with Crippen molar-refractivity contribution < 1.29 is 19.1 Å². The van der Waals surface area contributed by atoms with Gasteiger partial charge in [-0.2, -0.15) is 0 Å². The van der Waals surface area contributed by atoms with Gasteiger partial charge < -0.3 is 14.8 Å². The van der Waals surface area contributed by atoms with Crippen LogP contribution in [0.1, 0.15) is 19.4 Å². The summed E-state index contributed by atoms with van der Waals surface area (Å²) in [5.74, 6) is 0.954. The van der Waals surface area contributed by atoms with Gasteiger partial charge in [-0.05, 0) is 61.5 Å². The molecule has 0 bridgehead atoms. The van der Waals surface area contributed by atoms with E-state index in [9.17, 15) is 9.59 Å². The summed E-state index contributed by atoms with van der Waals surface area (Å²) >= 11 is 0.932. The second-order valence-electron chi connectivity index (χ2n) is 5.88. The fourth-order valence-corrected chi connectivity index (χ4v) is 3.51. The summed E-state index contributed by atoms with van der Waals surface area (Å²) in [5.41, 5.74) is 1.62. The zero-order valence-corrected chi connectivity index (χ0v) is 16.6. The molecule has 0 unspecified atom stereocenters. The number of carbonyl (C=O) groups is 2. The van der Waals surface area contributed by atoms with Gasteiger partial charge in [-0.15, -0.1) is 0 Å². The molecule has 2 aromatic carbocycles. The highest BCUT2D eigenvalue weighted by atomic mass is 32.2. The Morgan fingerprint density at radius 3 is 2.43 bits per heavy atom. The van der Waals surface area contributed by atoms with Gasteiger partial charge in [-0.1, -0.05) is 24.3 Å². The summed E-state index contributed by atoms with van der Waals surface area (Å²) in [4.78, 5) is 26.5. The number of amides is 2. The van der Waals surface area contributed by atoms with Gasteiger partial charge in [0.25, 0.3) is 11.1 Å². The topological polar surface area (TPSA) is 67.9 Å². The quantitative estimate of drug-likeness (QED) is 0.656. The molecule has 0 radical (unpaired) electrons. The average Bonchev–Trinajstić information content (AvgIpc) is 2.96. The van der Waals surface area contributed by atoms with Gasteiger partial charge in [0.2, 0.25) is 0 Å². The first kappa shape index (κ1) is 19.8. The molecule has 0 aliphatic carbocycles. The Morgan fingerprint density at radius 1 is 1.00 bits per heavy atom. The van der Waals surface area contributed by atoms with E-state index >= 15 is 0 Å². The second-order valence-corrected chi connectivity index (χ2v) is 6.88. The van der Waals surface area contributed by atoms with E-state index in [1.165, 1.54) is 4.90 Å². The molecular formula is C21H22N2O4S. The molecular weight excluding hydrogens is 376 g/mol. The Balaban J connectivity index is 1.74. The Morgan fingerprint density at radius 2 is 1.71 bits per heavy atom. The molecule has 0 atom stereocenters. The van der Waals surface area contributed by atoms with Crippen molar-refractivity contribution in [2.75, 3.05) is 25.2 Å². The van der Waals surface area contributed by atoms with Gasteiger partial charge >= 0.3 is 0 Å². The molecule has 28 heavy (non-hydrogen) atoms. The molecule has 1 aliphatic rings. The highest BCUT2D eigenvalue weighted by molar-refractivity contribution is 8.18. The average molecular weight is 398 g/mol. The molecule has 1 saturated heterocycles. The van der Waals surface area contributed by atoms with E-state index < -0.39 is 0 Å². The largest absolute Gasteiger partial charge is 0.490 e. The molecule has 146 valence electrons. The van der Waals surface area contributed by atoms with Crippen LogP contribution in [-0.2, 0) is 4.79 Å². The van der Waals surface area contributed by atoms with Crippen LogP contribution >= 0.6 is 11.8 Å². The monoisotopic (exact) mass is 398 g/mol. The SMILES string of the molecule is CCOc1ccc(/C=C2\SC(=O)N(CNc3ccccc3)C2=O)cc1OCC. The van der Waals surface area contributed by atoms with E-state index in [4.69, 9.17) is 9.47 Å². The zero-order valence-electron chi connectivity index (χ0n) is 15.8. The van der Waals surface area contributed by atoms with Gasteiger partial charge in [0.05, 0.1) is 24.8 Å². The predicted octanol–water partition coefficient (Wildman–Crippen LogP) is 4.59. The van der Waals surface area contributed by atoms with Crippen LogP contribution in [0, 0.1) is 0 Å². The number of benzene rings is 2. The summed E-state index contributed by atoms with van der Waals surface area (Å²) < 4.78 is 11.2. The molecule has 0 spiro atoms. The smallest absolute Gasteiger partial charge is 0.295 e. The van der Waals surface area contributed by atoms with E-state index in [1.54, 1.807) is 6.08 Å². The Kier molecular flexibility index (Phi) is 6.60. The molecule has 1 heterocycles. The number of nitrogens with zero attached hydrogens (tertiary/aromatic N) is 1. The van der Waals surface area contributed by atoms with Crippen LogP contribution < -0.4 is 14.8 Å². The molecule has 7 heteroatoms. The number of nitrogens with one attached hydrogen (secondary N) is 1. The number of thioether (sulfide) groups is 1. The van der Waals surface area contributed by atoms with E-state index in [-0.39, 0.29) is 17.8 Å². The summed E-state index contributed by atoms with van der Waals surface area (Å²) in [6, 6.07) is 14.9. The summed E-state index contributed by atoms with van der Waals surface area (Å²) in [5, 5.41) is 2.79. The molecule has 6 nitrogen and oxygen atoms in total. The molecule has 1 aliphatic heterocycles. The van der Waals surface area contributed by atoms with Crippen molar-refractivity contribution in [3.63, 3.8) is 0 Å². The summed E-state index contributed by atoms with van der Waals surface area (Å²) in [7, 11) is 0. The number of hydrogen-bond donors (Lipinski definition) is 1. The lowest BCUT2D eigenvalue weighted by Gasteiger charge is -2.14. The molecule has 1 fully saturated rings. The van der Waals surface area contributed by atoms with Crippen molar-refractivity contribution in [1.29, 1.82) is 0 Å². The zero-order chi connectivity index (χ0) is 19.9. The van der Waals surface area contributed by atoms with Crippen molar-refractivity contribution in [2.24, 2.45) is 0 Å². The van der Waals surface area contributed by atoms with Crippen molar-refractivity contribution >= 4 is 34.7 Å². The predicted molar refractivity (Wildman–Crippen MR) is 112 cm³/mol. The van der Waals surface area contributed by atoms with Crippen molar-refractivity contribution in [2.45, 2.75) is 13.8 Å². The van der Waals surface area contributed by atoms with Crippen LogP contribution in [-0.4, -0.2) is 35.9 Å². The number of carbonyl (C=O) groups excluding carboxylic acids is 2. The number of imide groups is 1. The standard InChI is InChI=1S/C21H22N2O4S/c1-3-26-17-11-10-15(12-18(17)27-4-2)13-19-20(24)23(21(25)28-19)14-22-16-8-6-5-7-9-16/h5-13,22H,3-4,14H2,1-2H3/b19-13-. The Labute approximate surface area is 168 Å². The number of ether oxygens (including phenoxy) is 2. The maximum absolute atomic E-state index is 12.6. The first-order valence-electron chi connectivity index (χ1n) is 9.06. The van der Waals surface area contributed by atoms with E-state index in [1.807, 2.05) is 62.4 Å². The normalized spacial score (nSPS) is 15.2. The highest BCUT2D eigenvalue weighted by Gasteiger charge is 2.34. The van der Waals surface area contributed by atoms with Gasteiger partial charge in [-0.25, -0.2) is 0 Å². The number of rotatable bonds is 8. The third-order valence-corrected chi connectivity index (χ3v) is 4.86. The fourth-order valence-electron chi connectivity index (χ4n) is 2.67. The van der Waals surface area contributed by atoms with Gasteiger partial charge in [-0.3, -0.25) is 14.5 Å². The number of hydrogen-bond acceptors (Lipinski definition) is 6. The van der Waals surface area contributed by atoms with Gasteiger partial charge in [0.15, 0.2) is 11.5 Å². The minimum absolute atomic E-state index is 0.124. The maximum atomic E-state index is 12.6. The fraction of sp³-hybridized carbons (Fsp3) is 0.238. The van der Waals surface area contributed by atoms with E-state index in [2.05, 4.69) is 5.32 Å².